The molecule has 9 heteroatoms. The number of hydrogen-bond donors (Lipinski definition) is 0. The highest BCUT2D eigenvalue weighted by atomic mass is 127. The van der Waals surface area contributed by atoms with Crippen molar-refractivity contribution in [3.8, 4) is 18.1 Å². The van der Waals surface area contributed by atoms with Gasteiger partial charge in [-0.1, -0.05) is 5.92 Å². The normalized spacial score (nSPS) is 15.4. The zero-order chi connectivity index (χ0) is 18.6. The van der Waals surface area contributed by atoms with Gasteiger partial charge in [-0.2, -0.15) is 0 Å². The second kappa shape index (κ2) is 8.91. The number of esters is 1. The number of rotatable bonds is 5. The van der Waals surface area contributed by atoms with Crippen LogP contribution in [0.15, 0.2) is 17.0 Å². The molecule has 0 N–H and O–H groups in total. The molecule has 0 aliphatic carbocycles. The third kappa shape index (κ3) is 4.89. The molecule has 25 heavy (non-hydrogen) atoms. The van der Waals surface area contributed by atoms with E-state index in [1.54, 1.807) is 6.08 Å². The van der Waals surface area contributed by atoms with Crippen LogP contribution in [0.5, 0.6) is 5.75 Å². The molecule has 1 fully saturated rings. The summed E-state index contributed by atoms with van der Waals surface area (Å²) in [6.45, 7) is -0.232. The number of halogens is 2. The minimum absolute atomic E-state index is 0.164. The standard InChI is InChI=1S/C16H11I2NO5S/c1-3-4-24-14-10(17)5-9(6-11(14)18)7-12-15(21)19(16(22)25-12)8-13(20)23-2/h1,5-7H,4,8H2,2H3/b12-7-. The van der Waals surface area contributed by atoms with Crippen LogP contribution in [0.2, 0.25) is 0 Å². The van der Waals surface area contributed by atoms with Crippen molar-refractivity contribution in [1.82, 2.24) is 4.90 Å². The van der Waals surface area contributed by atoms with E-state index in [-0.39, 0.29) is 11.5 Å². The fraction of sp³-hybridized carbons (Fsp3) is 0.188. The van der Waals surface area contributed by atoms with Gasteiger partial charge in [0, 0.05) is 0 Å². The second-order valence-electron chi connectivity index (χ2n) is 4.65. The van der Waals surface area contributed by atoms with Gasteiger partial charge in [0.2, 0.25) is 0 Å². The monoisotopic (exact) mass is 583 g/mol. The summed E-state index contributed by atoms with van der Waals surface area (Å²) in [5.41, 5.74) is 0.741. The third-order valence-corrected chi connectivity index (χ3v) is 5.52. The SMILES string of the molecule is C#CCOc1c(I)cc(/C=C2\SC(=O)N(CC(=O)OC)C2=O)cc1I. The van der Waals surface area contributed by atoms with E-state index in [1.807, 2.05) is 12.1 Å². The quantitative estimate of drug-likeness (QED) is 0.230. The second-order valence-corrected chi connectivity index (χ2v) is 7.97. The molecule has 0 saturated carbocycles. The average molecular weight is 583 g/mol. The highest BCUT2D eigenvalue weighted by molar-refractivity contribution is 14.1. The summed E-state index contributed by atoms with van der Waals surface area (Å²) < 4.78 is 11.7. The van der Waals surface area contributed by atoms with Crippen LogP contribution in [0.25, 0.3) is 6.08 Å². The van der Waals surface area contributed by atoms with Gasteiger partial charge in [-0.05, 0) is 80.7 Å². The number of benzene rings is 1. The molecule has 1 aliphatic rings. The molecule has 0 bridgehead atoms. The van der Waals surface area contributed by atoms with Gasteiger partial charge >= 0.3 is 5.97 Å². The first-order valence-electron chi connectivity index (χ1n) is 6.75. The number of amides is 2. The Kier molecular flexibility index (Phi) is 7.14. The zero-order valence-corrected chi connectivity index (χ0v) is 18.0. The van der Waals surface area contributed by atoms with Crippen LogP contribution in [-0.4, -0.2) is 42.3 Å². The zero-order valence-electron chi connectivity index (χ0n) is 12.9. The number of nitrogens with zero attached hydrogens (tertiary/aromatic N) is 1. The number of carbonyl (C=O) groups is 3. The van der Waals surface area contributed by atoms with Crippen LogP contribution < -0.4 is 4.74 Å². The summed E-state index contributed by atoms with van der Waals surface area (Å²) >= 11 is 5.02. The van der Waals surface area contributed by atoms with Crippen molar-refractivity contribution in [2.75, 3.05) is 20.3 Å². The topological polar surface area (TPSA) is 72.9 Å². The highest BCUT2D eigenvalue weighted by Crippen LogP contribution is 2.34. The third-order valence-electron chi connectivity index (χ3n) is 3.01. The molecule has 1 saturated heterocycles. The summed E-state index contributed by atoms with van der Waals surface area (Å²) in [7, 11) is 1.20. The number of ether oxygens (including phenoxy) is 2. The predicted molar refractivity (Wildman–Crippen MR) is 111 cm³/mol. The first-order valence-corrected chi connectivity index (χ1v) is 9.72. The highest BCUT2D eigenvalue weighted by Gasteiger charge is 2.36. The first-order chi connectivity index (χ1) is 11.9. The van der Waals surface area contributed by atoms with Gasteiger partial charge in [0.25, 0.3) is 11.1 Å². The molecule has 0 aromatic heterocycles. The van der Waals surface area contributed by atoms with E-state index in [4.69, 9.17) is 11.2 Å². The van der Waals surface area contributed by atoms with E-state index < -0.39 is 23.7 Å². The van der Waals surface area contributed by atoms with Gasteiger partial charge in [0.15, 0.2) is 0 Å². The minimum Gasteiger partial charge on any atom is -0.479 e. The van der Waals surface area contributed by atoms with Gasteiger partial charge in [0.05, 0.1) is 19.2 Å². The molecule has 0 spiro atoms. The van der Waals surface area contributed by atoms with E-state index in [0.29, 0.717) is 5.75 Å². The van der Waals surface area contributed by atoms with E-state index in [9.17, 15) is 14.4 Å². The molecule has 0 atom stereocenters. The number of hydrogen-bond acceptors (Lipinski definition) is 6. The Morgan fingerprint density at radius 2 is 2.00 bits per heavy atom. The van der Waals surface area contributed by atoms with E-state index in [2.05, 4.69) is 55.8 Å². The average Bonchev–Trinajstić information content (AvgIpc) is 2.81. The molecule has 2 rings (SSSR count). The molecular formula is C16H11I2NO5S. The van der Waals surface area contributed by atoms with Gasteiger partial charge in [-0.25, -0.2) is 0 Å². The number of imide groups is 1. The van der Waals surface area contributed by atoms with Crippen molar-refractivity contribution in [1.29, 1.82) is 0 Å². The predicted octanol–water partition coefficient (Wildman–Crippen LogP) is 3.12. The number of terminal acetylenes is 1. The van der Waals surface area contributed by atoms with Crippen molar-refractivity contribution in [2.24, 2.45) is 0 Å². The fourth-order valence-electron chi connectivity index (χ4n) is 1.90. The summed E-state index contributed by atoms with van der Waals surface area (Å²) in [5, 5.41) is -0.500. The van der Waals surface area contributed by atoms with E-state index in [1.165, 1.54) is 7.11 Å². The molecule has 0 radical (unpaired) electrons. The lowest BCUT2D eigenvalue weighted by atomic mass is 10.2. The summed E-state index contributed by atoms with van der Waals surface area (Å²) in [5.74, 6) is 1.92. The molecule has 1 aromatic rings. The van der Waals surface area contributed by atoms with Gasteiger partial charge in [0.1, 0.15) is 18.9 Å². The van der Waals surface area contributed by atoms with Crippen LogP contribution in [0.4, 0.5) is 4.79 Å². The number of carbonyl (C=O) groups excluding carboxylic acids is 3. The van der Waals surface area contributed by atoms with Crippen LogP contribution in [-0.2, 0) is 14.3 Å². The van der Waals surface area contributed by atoms with E-state index in [0.717, 1.165) is 29.4 Å². The summed E-state index contributed by atoms with van der Waals surface area (Å²) in [6.07, 6.45) is 6.81. The molecule has 130 valence electrons. The Labute approximate surface area is 176 Å². The van der Waals surface area contributed by atoms with Crippen LogP contribution in [0.3, 0.4) is 0 Å². The maximum absolute atomic E-state index is 12.3. The minimum atomic E-state index is -0.650. The van der Waals surface area contributed by atoms with Crippen molar-refractivity contribution in [3.05, 3.63) is 29.7 Å². The number of methoxy groups -OCH3 is 1. The van der Waals surface area contributed by atoms with Crippen molar-refractivity contribution >= 4 is 80.1 Å². The van der Waals surface area contributed by atoms with Crippen LogP contribution in [0.1, 0.15) is 5.56 Å². The van der Waals surface area contributed by atoms with Crippen molar-refractivity contribution in [3.63, 3.8) is 0 Å². The van der Waals surface area contributed by atoms with Gasteiger partial charge in [-0.15, -0.1) is 6.42 Å². The molecule has 1 aliphatic heterocycles. The smallest absolute Gasteiger partial charge is 0.325 e. The van der Waals surface area contributed by atoms with Gasteiger partial charge in [-0.3, -0.25) is 19.3 Å². The van der Waals surface area contributed by atoms with Crippen molar-refractivity contribution in [2.45, 2.75) is 0 Å². The van der Waals surface area contributed by atoms with Crippen LogP contribution >= 0.6 is 56.9 Å². The molecule has 2 amide bonds. The molecular weight excluding hydrogens is 572 g/mol. The summed E-state index contributed by atoms with van der Waals surface area (Å²) in [4.78, 5) is 36.6. The fourth-order valence-corrected chi connectivity index (χ4v) is 4.86. The molecule has 1 heterocycles. The first kappa shape index (κ1) is 20.1. The van der Waals surface area contributed by atoms with Crippen molar-refractivity contribution < 1.29 is 23.9 Å². The summed E-state index contributed by atoms with van der Waals surface area (Å²) in [6, 6.07) is 3.64. The molecule has 6 nitrogen and oxygen atoms in total. The lowest BCUT2D eigenvalue weighted by molar-refractivity contribution is -0.143. The number of thioether (sulfide) groups is 1. The molecule has 0 unspecified atom stereocenters. The lowest BCUT2D eigenvalue weighted by Crippen LogP contribution is -2.34. The Morgan fingerprint density at radius 3 is 2.56 bits per heavy atom. The van der Waals surface area contributed by atoms with E-state index >= 15 is 0 Å². The Bertz CT molecular complexity index is 792. The molecule has 1 aromatic carbocycles. The van der Waals surface area contributed by atoms with Gasteiger partial charge < -0.3 is 9.47 Å². The Balaban J connectivity index is 2.26. The maximum atomic E-state index is 12.3. The Morgan fingerprint density at radius 1 is 1.36 bits per heavy atom. The Hall–Kier alpha value is -1.26. The largest absolute Gasteiger partial charge is 0.479 e. The maximum Gasteiger partial charge on any atom is 0.325 e. The lowest BCUT2D eigenvalue weighted by Gasteiger charge is -2.10. The van der Waals surface area contributed by atoms with Crippen LogP contribution in [0, 0.1) is 19.5 Å².